The van der Waals surface area contributed by atoms with Gasteiger partial charge in [0.1, 0.15) is 18.0 Å². The summed E-state index contributed by atoms with van der Waals surface area (Å²) in [4.78, 5) is 60.4. The zero-order chi connectivity index (χ0) is 45.6. The molecule has 0 spiro atoms. The average molecular weight is 912 g/mol. The molecule has 10 nitrogen and oxygen atoms in total. The molecule has 0 unspecified atom stereocenters. The molecular formula is C52H64Cl2N4O6. The van der Waals surface area contributed by atoms with E-state index in [1.165, 1.54) is 0 Å². The van der Waals surface area contributed by atoms with Crippen molar-refractivity contribution in [1.82, 2.24) is 10.0 Å². The Hall–Kier alpha value is -4.74. The minimum absolute atomic E-state index is 0.162. The number of unbranched alkanes of at least 4 members (excludes halogenated alkanes) is 10. The van der Waals surface area contributed by atoms with Gasteiger partial charge in [-0.1, -0.05) is 161 Å². The molecule has 64 heavy (non-hydrogen) atoms. The number of aryl methyl sites for hydroxylation is 2. The molecule has 12 heteroatoms. The lowest BCUT2D eigenvalue weighted by atomic mass is 9.81. The Labute approximate surface area is 389 Å². The van der Waals surface area contributed by atoms with Crippen LogP contribution in [0.25, 0.3) is 0 Å². The number of halogens is 2. The lowest BCUT2D eigenvalue weighted by Gasteiger charge is -2.33. The number of benzene rings is 4. The maximum atomic E-state index is 15.2. The Morgan fingerprint density at radius 1 is 0.484 bits per heavy atom. The molecule has 4 aromatic rings. The average Bonchev–Trinajstić information content (AvgIpc) is 3.81. The summed E-state index contributed by atoms with van der Waals surface area (Å²) < 4.78 is 12.3. The van der Waals surface area contributed by atoms with Crippen LogP contribution in [0.1, 0.15) is 125 Å². The van der Waals surface area contributed by atoms with E-state index >= 15 is 14.4 Å². The smallest absolute Gasteiger partial charge is 0.325 e. The maximum Gasteiger partial charge on any atom is 0.325 e. The third-order valence-corrected chi connectivity index (χ3v) is 12.9. The third-order valence-electron chi connectivity index (χ3n) is 12.4. The maximum absolute atomic E-state index is 15.2. The number of anilines is 2. The molecule has 6 atom stereocenters. The summed E-state index contributed by atoms with van der Waals surface area (Å²) in [5.41, 5.74) is 4.31. The minimum atomic E-state index is -1.26. The van der Waals surface area contributed by atoms with Crippen molar-refractivity contribution < 1.29 is 28.7 Å². The Bertz CT molecular complexity index is 2130. The van der Waals surface area contributed by atoms with Crippen LogP contribution in [0, 0.1) is 25.7 Å². The fourth-order valence-corrected chi connectivity index (χ4v) is 9.31. The van der Waals surface area contributed by atoms with Gasteiger partial charge in [-0.05, 0) is 86.3 Å². The van der Waals surface area contributed by atoms with Crippen LogP contribution >= 0.6 is 23.2 Å². The number of esters is 2. The number of hydrazine groups is 1. The number of fused-ring (bicyclic) bond motifs is 1. The molecule has 4 aromatic carbocycles. The highest BCUT2D eigenvalue weighted by Crippen LogP contribution is 2.56. The van der Waals surface area contributed by atoms with E-state index in [2.05, 4.69) is 24.5 Å². The van der Waals surface area contributed by atoms with E-state index in [1.807, 2.05) is 62.4 Å². The number of nitrogens with zero attached hydrogens (tertiary/aromatic N) is 2. The van der Waals surface area contributed by atoms with Crippen molar-refractivity contribution in [3.05, 3.63) is 129 Å². The van der Waals surface area contributed by atoms with E-state index < -0.39 is 59.8 Å². The lowest BCUT2D eigenvalue weighted by Crippen LogP contribution is -2.48. The molecule has 0 radical (unpaired) electrons. The van der Waals surface area contributed by atoms with Crippen LogP contribution in [0.5, 0.6) is 0 Å². The summed E-state index contributed by atoms with van der Waals surface area (Å²) in [6.07, 6.45) is 12.0. The third kappa shape index (κ3) is 12.3. The van der Waals surface area contributed by atoms with Gasteiger partial charge in [0.15, 0.2) is 0 Å². The van der Waals surface area contributed by atoms with Gasteiger partial charge < -0.3 is 20.1 Å². The zero-order valence-electron chi connectivity index (χ0n) is 37.7. The molecule has 2 heterocycles. The first kappa shape index (κ1) is 48.7. The van der Waals surface area contributed by atoms with Gasteiger partial charge in [0.25, 0.3) is 0 Å². The van der Waals surface area contributed by atoms with E-state index in [4.69, 9.17) is 32.7 Å². The monoisotopic (exact) mass is 910 g/mol. The zero-order valence-corrected chi connectivity index (χ0v) is 39.2. The predicted octanol–water partition coefficient (Wildman–Crippen LogP) is 12.0. The first-order valence-electron chi connectivity index (χ1n) is 23.2. The minimum Gasteiger partial charge on any atom is -0.465 e. The van der Waals surface area contributed by atoms with Crippen LogP contribution in [0.2, 0.25) is 10.0 Å². The number of amides is 2. The van der Waals surface area contributed by atoms with Crippen LogP contribution in [-0.4, -0.2) is 59.1 Å². The highest BCUT2D eigenvalue weighted by atomic mass is 35.5. The van der Waals surface area contributed by atoms with Gasteiger partial charge in [-0.15, -0.1) is 0 Å². The topological polar surface area (TPSA) is 117 Å². The van der Waals surface area contributed by atoms with E-state index in [0.717, 1.165) is 75.3 Å². The van der Waals surface area contributed by atoms with Crippen molar-refractivity contribution in [2.45, 2.75) is 129 Å². The summed E-state index contributed by atoms with van der Waals surface area (Å²) in [6, 6.07) is 24.7. The number of hydrogen-bond acceptors (Lipinski definition) is 8. The summed E-state index contributed by atoms with van der Waals surface area (Å²) in [5, 5.41) is 10.7. The van der Waals surface area contributed by atoms with Crippen molar-refractivity contribution >= 4 is 58.3 Å². The first-order valence-corrected chi connectivity index (χ1v) is 23.9. The van der Waals surface area contributed by atoms with Gasteiger partial charge in [-0.25, -0.2) is 10.0 Å². The molecule has 2 amide bonds. The van der Waals surface area contributed by atoms with Gasteiger partial charge in [-0.3, -0.25) is 19.2 Å². The lowest BCUT2D eigenvalue weighted by molar-refractivity contribution is -0.158. The largest absolute Gasteiger partial charge is 0.465 e. The van der Waals surface area contributed by atoms with Gasteiger partial charge in [0.2, 0.25) is 11.8 Å². The van der Waals surface area contributed by atoms with E-state index in [0.29, 0.717) is 45.4 Å². The number of carbonyl (C=O) groups is 4. The molecule has 342 valence electrons. The quantitative estimate of drug-likeness (QED) is 0.0591. The number of ether oxygens (including phenoxy) is 2. The Balaban J connectivity index is 1.50. The van der Waals surface area contributed by atoms with Crippen molar-refractivity contribution in [1.29, 1.82) is 0 Å². The van der Waals surface area contributed by atoms with Crippen molar-refractivity contribution in [3.8, 4) is 0 Å². The van der Waals surface area contributed by atoms with E-state index in [1.54, 1.807) is 58.5 Å². The van der Waals surface area contributed by atoms with Crippen molar-refractivity contribution in [2.24, 2.45) is 11.8 Å². The molecule has 0 saturated carbocycles. The van der Waals surface area contributed by atoms with Crippen LogP contribution in [0.3, 0.4) is 0 Å². The molecule has 2 fully saturated rings. The summed E-state index contributed by atoms with van der Waals surface area (Å²) in [7, 11) is 0. The predicted molar refractivity (Wildman–Crippen MR) is 255 cm³/mol. The first-order chi connectivity index (χ1) is 31.0. The molecule has 0 bridgehead atoms. The summed E-state index contributed by atoms with van der Waals surface area (Å²) in [6.45, 7) is 8.64. The second-order valence-corrected chi connectivity index (χ2v) is 18.1. The number of rotatable bonds is 22. The molecule has 2 N–H and O–H groups in total. The number of nitrogens with one attached hydrogen (secondary N) is 2. The summed E-state index contributed by atoms with van der Waals surface area (Å²) in [5.74, 6) is -4.37. The normalized spacial score (nSPS) is 20.7. The molecule has 0 aromatic heterocycles. The fourth-order valence-electron chi connectivity index (χ4n) is 9.05. The molecular weight excluding hydrogens is 847 g/mol. The Morgan fingerprint density at radius 3 is 1.34 bits per heavy atom. The standard InChI is InChI=1S/C52H64Cl2N4O6/c1-5-7-9-11-13-15-33-63-51(61)44-46(38-23-19-36(4)20-24-38)58-48(52(62)64-34-16-14-12-10-8-6-2)43(49(59)55-41-29-25-39(53)26-30-41)45(37-21-17-35(3)18-22-37)57(58)47(44)50(60)56-42-31-27-40(54)28-32-42/h17-32,43-48H,5-16,33-34H2,1-4H3,(H,55,59)(H,56,60)/t43-,44-,45+,46-,47+,48-/m0/s1. The second kappa shape index (κ2) is 24.0. The summed E-state index contributed by atoms with van der Waals surface area (Å²) >= 11 is 12.5. The van der Waals surface area contributed by atoms with Crippen LogP contribution < -0.4 is 10.6 Å². The van der Waals surface area contributed by atoms with Crippen LogP contribution in [0.15, 0.2) is 97.1 Å². The van der Waals surface area contributed by atoms with Crippen LogP contribution in [0.4, 0.5) is 11.4 Å². The molecule has 6 rings (SSSR count). The molecule has 2 aliphatic heterocycles. The molecule has 2 saturated heterocycles. The van der Waals surface area contributed by atoms with Gasteiger partial charge in [0.05, 0.1) is 31.2 Å². The van der Waals surface area contributed by atoms with Crippen molar-refractivity contribution in [3.63, 3.8) is 0 Å². The van der Waals surface area contributed by atoms with Gasteiger partial charge in [-0.2, -0.15) is 0 Å². The SMILES string of the molecule is CCCCCCCCOC(=O)[C@@H]1[C@H](C(=O)Nc2ccc(Cl)cc2)N2[C@H](c3ccc(C)cc3)[C@H](C(=O)Nc3ccc(Cl)cc3)[C@@H](C(=O)OCCCCCCCC)N2[C@H]1c1ccc(C)cc1. The van der Waals surface area contributed by atoms with E-state index in [-0.39, 0.29) is 13.2 Å². The molecule has 0 aliphatic carbocycles. The van der Waals surface area contributed by atoms with Gasteiger partial charge in [0, 0.05) is 21.4 Å². The highest BCUT2D eigenvalue weighted by Gasteiger charge is 2.68. The van der Waals surface area contributed by atoms with Crippen molar-refractivity contribution in [2.75, 3.05) is 23.8 Å². The fraction of sp³-hybridized carbons (Fsp3) is 0.462. The Morgan fingerprint density at radius 2 is 0.875 bits per heavy atom. The van der Waals surface area contributed by atoms with Gasteiger partial charge >= 0.3 is 11.9 Å². The molecule has 2 aliphatic rings. The Kier molecular flexibility index (Phi) is 18.2. The number of hydrogen-bond donors (Lipinski definition) is 2. The van der Waals surface area contributed by atoms with E-state index in [9.17, 15) is 4.79 Å². The highest BCUT2D eigenvalue weighted by molar-refractivity contribution is 6.31. The number of carbonyl (C=O) groups excluding carboxylic acids is 4. The second-order valence-electron chi connectivity index (χ2n) is 17.3. The van der Waals surface area contributed by atoms with Crippen LogP contribution in [-0.2, 0) is 28.7 Å².